The summed E-state index contributed by atoms with van der Waals surface area (Å²) in [6, 6.07) is 15.3. The van der Waals surface area contributed by atoms with Crippen LogP contribution in [0.1, 0.15) is 30.7 Å². The SMILES string of the molecule is Cc1ccccc1OCC(O)C1(NC(C)(C)Cc2c(C)[nH]c3ccccc23)OC(=O)C(=O)O1. The molecule has 1 aromatic heterocycles. The maximum absolute atomic E-state index is 12.0. The molecule has 33 heavy (non-hydrogen) atoms. The molecular formula is C25H28N2O6. The third kappa shape index (κ3) is 4.58. The van der Waals surface area contributed by atoms with Crippen molar-refractivity contribution in [2.24, 2.45) is 0 Å². The molecule has 1 aliphatic rings. The molecule has 0 radical (unpaired) electrons. The van der Waals surface area contributed by atoms with E-state index in [1.54, 1.807) is 6.07 Å². The Kier molecular flexibility index (Phi) is 5.90. The summed E-state index contributed by atoms with van der Waals surface area (Å²) in [5.74, 6) is -3.84. The number of benzene rings is 2. The van der Waals surface area contributed by atoms with Gasteiger partial charge in [-0.2, -0.15) is 0 Å². The van der Waals surface area contributed by atoms with Gasteiger partial charge in [0.2, 0.25) is 0 Å². The van der Waals surface area contributed by atoms with E-state index in [1.807, 2.05) is 70.2 Å². The smallest absolute Gasteiger partial charge is 0.422 e. The van der Waals surface area contributed by atoms with Crippen LogP contribution in [0.25, 0.3) is 10.9 Å². The minimum Gasteiger partial charge on any atom is -0.490 e. The highest BCUT2D eigenvalue weighted by Gasteiger charge is 2.56. The summed E-state index contributed by atoms with van der Waals surface area (Å²) in [5, 5.41) is 15.1. The van der Waals surface area contributed by atoms with Crippen LogP contribution in [-0.4, -0.2) is 46.2 Å². The molecule has 174 valence electrons. The Morgan fingerprint density at radius 3 is 2.39 bits per heavy atom. The second-order valence-corrected chi connectivity index (χ2v) is 9.00. The van der Waals surface area contributed by atoms with Crippen molar-refractivity contribution in [1.82, 2.24) is 10.3 Å². The Morgan fingerprint density at radius 2 is 1.70 bits per heavy atom. The molecule has 8 heteroatoms. The second-order valence-electron chi connectivity index (χ2n) is 9.00. The number of nitrogens with one attached hydrogen (secondary N) is 2. The zero-order valence-electron chi connectivity index (χ0n) is 19.1. The molecule has 4 rings (SSSR count). The third-order valence-corrected chi connectivity index (χ3v) is 5.74. The summed E-state index contributed by atoms with van der Waals surface area (Å²) in [6.45, 7) is 7.36. The molecule has 1 atom stereocenters. The van der Waals surface area contributed by atoms with E-state index in [0.29, 0.717) is 12.2 Å². The van der Waals surface area contributed by atoms with Crippen LogP contribution < -0.4 is 10.1 Å². The van der Waals surface area contributed by atoms with Gasteiger partial charge in [0.05, 0.1) is 0 Å². The summed E-state index contributed by atoms with van der Waals surface area (Å²) in [5.41, 5.74) is 3.22. The minimum absolute atomic E-state index is 0.263. The zero-order chi connectivity index (χ0) is 23.8. The molecule has 1 saturated heterocycles. The first-order valence-corrected chi connectivity index (χ1v) is 10.8. The van der Waals surface area contributed by atoms with E-state index in [4.69, 9.17) is 14.2 Å². The summed E-state index contributed by atoms with van der Waals surface area (Å²) < 4.78 is 16.2. The van der Waals surface area contributed by atoms with Crippen LogP contribution in [0.4, 0.5) is 0 Å². The van der Waals surface area contributed by atoms with Gasteiger partial charge in [-0.25, -0.2) is 14.9 Å². The number of aromatic nitrogens is 1. The van der Waals surface area contributed by atoms with Crippen molar-refractivity contribution in [3.63, 3.8) is 0 Å². The Bertz CT molecular complexity index is 1180. The molecule has 0 spiro atoms. The maximum Gasteiger partial charge on any atom is 0.422 e. The fraction of sp³-hybridized carbons (Fsp3) is 0.360. The molecule has 3 N–H and O–H groups in total. The fourth-order valence-corrected chi connectivity index (χ4v) is 4.17. The van der Waals surface area contributed by atoms with Gasteiger partial charge in [-0.3, -0.25) is 0 Å². The molecule has 1 unspecified atom stereocenters. The van der Waals surface area contributed by atoms with E-state index >= 15 is 0 Å². The molecule has 8 nitrogen and oxygen atoms in total. The number of carbonyl (C=O) groups is 2. The van der Waals surface area contributed by atoms with Crippen molar-refractivity contribution < 1.29 is 28.9 Å². The van der Waals surface area contributed by atoms with Gasteiger partial charge in [-0.05, 0) is 57.4 Å². The first-order valence-electron chi connectivity index (χ1n) is 10.8. The van der Waals surface area contributed by atoms with Crippen molar-refractivity contribution in [1.29, 1.82) is 0 Å². The van der Waals surface area contributed by atoms with Crippen LogP contribution in [0, 0.1) is 13.8 Å². The summed E-state index contributed by atoms with van der Waals surface area (Å²) in [4.78, 5) is 27.3. The summed E-state index contributed by atoms with van der Waals surface area (Å²) >= 11 is 0. The topological polar surface area (TPSA) is 110 Å². The van der Waals surface area contributed by atoms with Gasteiger partial charge in [0, 0.05) is 22.1 Å². The molecule has 1 aliphatic heterocycles. The van der Waals surface area contributed by atoms with Gasteiger partial charge >= 0.3 is 17.8 Å². The number of carbonyl (C=O) groups excluding carboxylic acids is 2. The first-order chi connectivity index (χ1) is 15.6. The molecule has 2 aromatic carbocycles. The van der Waals surface area contributed by atoms with Crippen LogP contribution in [0.5, 0.6) is 5.75 Å². The predicted octanol–water partition coefficient (Wildman–Crippen LogP) is 2.89. The number of aromatic amines is 1. The minimum atomic E-state index is -2.07. The standard InChI is InChI=1S/C25H28N2O6/c1-15-9-5-8-12-20(15)31-14-21(28)25(32-22(29)23(30)33-25)27-24(3,4)13-18-16(2)26-19-11-7-6-10-17(18)19/h5-12,21,26-28H,13-14H2,1-4H3. The highest BCUT2D eigenvalue weighted by Crippen LogP contribution is 2.31. The Hall–Kier alpha value is -3.36. The fourth-order valence-electron chi connectivity index (χ4n) is 4.17. The highest BCUT2D eigenvalue weighted by atomic mass is 16.8. The van der Waals surface area contributed by atoms with Gasteiger partial charge in [0.1, 0.15) is 12.4 Å². The molecule has 3 aromatic rings. The maximum atomic E-state index is 12.0. The quantitative estimate of drug-likeness (QED) is 0.356. The number of aliphatic hydroxyl groups excluding tert-OH is 1. The van der Waals surface area contributed by atoms with Crippen molar-refractivity contribution in [2.45, 2.75) is 51.7 Å². The van der Waals surface area contributed by atoms with Crippen LogP contribution in [0.3, 0.4) is 0 Å². The van der Waals surface area contributed by atoms with Gasteiger partial charge in [-0.15, -0.1) is 0 Å². The number of esters is 2. The van der Waals surface area contributed by atoms with Crippen LogP contribution in [0.15, 0.2) is 48.5 Å². The second kappa shape index (κ2) is 8.53. The lowest BCUT2D eigenvalue weighted by Gasteiger charge is -2.38. The lowest BCUT2D eigenvalue weighted by atomic mass is 9.92. The monoisotopic (exact) mass is 452 g/mol. The largest absolute Gasteiger partial charge is 0.490 e. The van der Waals surface area contributed by atoms with Crippen molar-refractivity contribution in [3.8, 4) is 5.75 Å². The zero-order valence-corrected chi connectivity index (χ0v) is 19.1. The molecule has 0 saturated carbocycles. The Labute approximate surface area is 191 Å². The van der Waals surface area contributed by atoms with E-state index in [0.717, 1.165) is 27.7 Å². The number of cyclic esters (lactones) is 2. The van der Waals surface area contributed by atoms with E-state index in [9.17, 15) is 14.7 Å². The Balaban J connectivity index is 1.57. The normalized spacial score (nSPS) is 16.5. The van der Waals surface area contributed by atoms with Gasteiger partial charge in [0.25, 0.3) is 0 Å². The highest BCUT2D eigenvalue weighted by molar-refractivity contribution is 6.31. The number of rotatable bonds is 8. The number of aliphatic hydroxyl groups is 1. The van der Waals surface area contributed by atoms with Crippen molar-refractivity contribution >= 4 is 22.8 Å². The average Bonchev–Trinajstić information content (AvgIpc) is 3.22. The number of ether oxygens (including phenoxy) is 3. The van der Waals surface area contributed by atoms with Crippen LogP contribution in [-0.2, 0) is 25.5 Å². The number of aryl methyl sites for hydroxylation is 2. The lowest BCUT2D eigenvalue weighted by molar-refractivity contribution is -0.248. The molecule has 1 fully saturated rings. The summed E-state index contributed by atoms with van der Waals surface area (Å²) in [7, 11) is 0. The number of hydrogen-bond donors (Lipinski definition) is 3. The molecule has 0 amide bonds. The van der Waals surface area contributed by atoms with E-state index in [-0.39, 0.29) is 6.61 Å². The Morgan fingerprint density at radius 1 is 1.06 bits per heavy atom. The number of para-hydroxylation sites is 2. The molecule has 2 heterocycles. The summed E-state index contributed by atoms with van der Waals surface area (Å²) in [6.07, 6.45) is -0.971. The van der Waals surface area contributed by atoms with Crippen molar-refractivity contribution in [2.75, 3.05) is 6.61 Å². The average molecular weight is 453 g/mol. The van der Waals surface area contributed by atoms with Crippen LogP contribution in [0.2, 0.25) is 0 Å². The van der Waals surface area contributed by atoms with Gasteiger partial charge in [-0.1, -0.05) is 36.4 Å². The van der Waals surface area contributed by atoms with Crippen molar-refractivity contribution in [3.05, 3.63) is 65.4 Å². The number of H-pyrrole nitrogens is 1. The first kappa shape index (κ1) is 22.8. The predicted molar refractivity (Wildman–Crippen MR) is 122 cm³/mol. The van der Waals surface area contributed by atoms with E-state index < -0.39 is 29.5 Å². The van der Waals surface area contributed by atoms with E-state index in [1.165, 1.54) is 0 Å². The molecular weight excluding hydrogens is 424 g/mol. The lowest BCUT2D eigenvalue weighted by Crippen LogP contribution is -2.64. The third-order valence-electron chi connectivity index (χ3n) is 5.74. The number of hydrogen-bond acceptors (Lipinski definition) is 7. The number of fused-ring (bicyclic) bond motifs is 1. The molecule has 0 aliphatic carbocycles. The van der Waals surface area contributed by atoms with E-state index in [2.05, 4.69) is 10.3 Å². The van der Waals surface area contributed by atoms with Gasteiger partial charge < -0.3 is 24.3 Å². The molecule has 0 bridgehead atoms. The van der Waals surface area contributed by atoms with Gasteiger partial charge in [0.15, 0.2) is 6.10 Å². The van der Waals surface area contributed by atoms with Crippen LogP contribution >= 0.6 is 0 Å².